The van der Waals surface area contributed by atoms with E-state index < -0.39 is 74.9 Å². The first kappa shape index (κ1) is 20.6. The molecule has 0 radical (unpaired) electrons. The average molecular weight is 344 g/mol. The molecule has 23 heavy (non-hydrogen) atoms. The topological polar surface area (TPSA) is 201 Å². The van der Waals surface area contributed by atoms with E-state index in [0.717, 1.165) is 0 Å². The Balaban J connectivity index is 2.77. The van der Waals surface area contributed by atoms with Crippen LogP contribution in [0.15, 0.2) is 0 Å². The van der Waals surface area contributed by atoms with Crippen LogP contribution >= 0.6 is 0 Å². The normalized spacial score (nSPS) is 37.2. The Morgan fingerprint density at radius 1 is 0.826 bits per heavy atom. The molecule has 0 aromatic carbocycles. The highest BCUT2D eigenvalue weighted by molar-refractivity contribution is 4.90. The summed E-state index contributed by atoms with van der Waals surface area (Å²) in [5.41, 5.74) is 0. The molecule has 1 aliphatic heterocycles. The van der Waals surface area contributed by atoms with Gasteiger partial charge in [0.2, 0.25) is 0 Å². The van der Waals surface area contributed by atoms with Gasteiger partial charge in [-0.2, -0.15) is 0 Å². The van der Waals surface area contributed by atoms with Crippen molar-refractivity contribution in [1.82, 2.24) is 0 Å². The molecule has 138 valence electrons. The molecule has 0 spiro atoms. The van der Waals surface area contributed by atoms with Gasteiger partial charge < -0.3 is 55.4 Å². The van der Waals surface area contributed by atoms with Crippen LogP contribution in [0.3, 0.4) is 0 Å². The molecule has 1 aliphatic rings. The molecule has 11 nitrogen and oxygen atoms in total. The molecule has 1 saturated heterocycles. The fraction of sp³-hybridized carbons (Fsp3) is 1.00. The van der Waals surface area contributed by atoms with Gasteiger partial charge in [-0.05, 0) is 0 Å². The minimum Gasteiger partial charge on any atom is -0.394 e. The monoisotopic (exact) mass is 344 g/mol. The summed E-state index contributed by atoms with van der Waals surface area (Å²) in [5.74, 6) is 0. The van der Waals surface area contributed by atoms with Gasteiger partial charge in [0, 0.05) is 0 Å². The van der Waals surface area contributed by atoms with E-state index in [1.807, 2.05) is 0 Å². The molecule has 0 saturated carbocycles. The molecule has 9 atom stereocenters. The highest BCUT2D eigenvalue weighted by Gasteiger charge is 2.46. The van der Waals surface area contributed by atoms with Crippen LogP contribution in [0, 0.1) is 0 Å². The van der Waals surface area contributed by atoms with E-state index in [9.17, 15) is 35.7 Å². The van der Waals surface area contributed by atoms with Crippen molar-refractivity contribution in [2.45, 2.75) is 55.1 Å². The maximum Gasteiger partial charge on any atom is 0.187 e. The van der Waals surface area contributed by atoms with Crippen molar-refractivity contribution in [3.05, 3.63) is 0 Å². The summed E-state index contributed by atoms with van der Waals surface area (Å²) < 4.78 is 10.1. The number of ether oxygens (including phenoxy) is 2. The van der Waals surface area contributed by atoms with Gasteiger partial charge in [0.1, 0.15) is 48.8 Å². The van der Waals surface area contributed by atoms with E-state index in [1.165, 1.54) is 0 Å². The number of aliphatic hydroxyl groups excluding tert-OH is 9. The first-order valence-electron chi connectivity index (χ1n) is 7.00. The highest BCUT2D eigenvalue weighted by atomic mass is 16.7. The van der Waals surface area contributed by atoms with Crippen LogP contribution in [-0.4, -0.2) is 121 Å². The second-order valence-corrected chi connectivity index (χ2v) is 5.29. The number of hydrogen-bond donors (Lipinski definition) is 9. The van der Waals surface area contributed by atoms with Crippen LogP contribution in [0.25, 0.3) is 0 Å². The Morgan fingerprint density at radius 3 is 1.91 bits per heavy atom. The molecule has 1 fully saturated rings. The molecule has 0 amide bonds. The lowest BCUT2D eigenvalue weighted by Gasteiger charge is -2.41. The second-order valence-electron chi connectivity index (χ2n) is 5.29. The summed E-state index contributed by atoms with van der Waals surface area (Å²) in [6.45, 7) is -2.40. The smallest absolute Gasteiger partial charge is 0.187 e. The van der Waals surface area contributed by atoms with Gasteiger partial charge in [-0.25, -0.2) is 0 Å². The lowest BCUT2D eigenvalue weighted by molar-refractivity contribution is -0.322. The van der Waals surface area contributed by atoms with Gasteiger partial charge in [-0.15, -0.1) is 0 Å². The maximum atomic E-state index is 9.83. The standard InChI is InChI=1S/C12H24O11/c13-1-4(16)7(17)8(18)5(2-14)22-12-11(21)10(20)9(19)6(3-15)23-12/h4-21H,1-3H2/t4-,5+,6+,7-,8+,9+,10-,11+,12?/m1/s1. The van der Waals surface area contributed by atoms with Crippen molar-refractivity contribution in [2.24, 2.45) is 0 Å². The maximum absolute atomic E-state index is 9.83. The summed E-state index contributed by atoms with van der Waals surface area (Å²) in [7, 11) is 0. The molecule has 0 aliphatic carbocycles. The number of rotatable bonds is 8. The van der Waals surface area contributed by atoms with Crippen LogP contribution in [0.1, 0.15) is 0 Å². The zero-order valence-electron chi connectivity index (χ0n) is 12.2. The molecule has 0 aromatic heterocycles. The van der Waals surface area contributed by atoms with Gasteiger partial charge in [-0.3, -0.25) is 0 Å². The summed E-state index contributed by atoms with van der Waals surface area (Å²) in [6.07, 6.45) is -14.9. The van der Waals surface area contributed by atoms with Crippen molar-refractivity contribution in [1.29, 1.82) is 0 Å². The van der Waals surface area contributed by atoms with Crippen molar-refractivity contribution < 1.29 is 55.4 Å². The Morgan fingerprint density at radius 2 is 1.43 bits per heavy atom. The van der Waals surface area contributed by atoms with E-state index in [2.05, 4.69) is 0 Å². The Bertz CT molecular complexity index is 341. The first-order chi connectivity index (χ1) is 10.8. The number of hydrogen-bond acceptors (Lipinski definition) is 11. The Labute approximate surface area is 131 Å². The first-order valence-corrected chi connectivity index (χ1v) is 7.00. The third-order valence-corrected chi connectivity index (χ3v) is 3.65. The van der Waals surface area contributed by atoms with Crippen LogP contribution in [-0.2, 0) is 9.47 Å². The van der Waals surface area contributed by atoms with Crippen LogP contribution < -0.4 is 0 Å². The number of aliphatic hydroxyl groups is 9. The highest BCUT2D eigenvalue weighted by Crippen LogP contribution is 2.24. The summed E-state index contributed by atoms with van der Waals surface area (Å²) in [4.78, 5) is 0. The van der Waals surface area contributed by atoms with Crippen LogP contribution in [0.5, 0.6) is 0 Å². The fourth-order valence-corrected chi connectivity index (χ4v) is 2.14. The average Bonchev–Trinajstić information content (AvgIpc) is 2.57. The minimum atomic E-state index is -1.86. The molecular weight excluding hydrogens is 320 g/mol. The van der Waals surface area contributed by atoms with Gasteiger partial charge in [0.25, 0.3) is 0 Å². The summed E-state index contributed by atoms with van der Waals surface area (Å²) >= 11 is 0. The van der Waals surface area contributed by atoms with E-state index in [4.69, 9.17) is 19.7 Å². The molecule has 0 bridgehead atoms. The van der Waals surface area contributed by atoms with E-state index >= 15 is 0 Å². The quantitative estimate of drug-likeness (QED) is 0.203. The third kappa shape index (κ3) is 4.78. The predicted octanol–water partition coefficient (Wildman–Crippen LogP) is -5.76. The third-order valence-electron chi connectivity index (χ3n) is 3.65. The molecule has 1 unspecified atom stereocenters. The van der Waals surface area contributed by atoms with Crippen molar-refractivity contribution >= 4 is 0 Å². The van der Waals surface area contributed by atoms with Gasteiger partial charge in [-0.1, -0.05) is 0 Å². The Hall–Kier alpha value is -0.440. The molecule has 0 aromatic rings. The SMILES string of the molecule is OC[C@@H](O)[C@@H](O)[C@@H](O)[C@H](CO)OC1O[C@@H](CO)[C@H](O)[C@@H](O)[C@@H]1O. The summed E-state index contributed by atoms with van der Waals surface area (Å²) in [5, 5.41) is 84.7. The zero-order chi connectivity index (χ0) is 17.7. The molecule has 1 heterocycles. The second kappa shape index (κ2) is 9.15. The minimum absolute atomic E-state index is 0.691. The van der Waals surface area contributed by atoms with Crippen molar-refractivity contribution in [3.8, 4) is 0 Å². The predicted molar refractivity (Wildman–Crippen MR) is 70.8 cm³/mol. The van der Waals surface area contributed by atoms with Crippen LogP contribution in [0.2, 0.25) is 0 Å². The zero-order valence-corrected chi connectivity index (χ0v) is 12.2. The van der Waals surface area contributed by atoms with Crippen molar-refractivity contribution in [3.63, 3.8) is 0 Å². The van der Waals surface area contributed by atoms with Gasteiger partial charge in [0.15, 0.2) is 6.29 Å². The van der Waals surface area contributed by atoms with Crippen molar-refractivity contribution in [2.75, 3.05) is 19.8 Å². The largest absolute Gasteiger partial charge is 0.394 e. The molecule has 9 N–H and O–H groups in total. The lowest BCUT2D eigenvalue weighted by Crippen LogP contribution is -2.61. The molecule has 1 rings (SSSR count). The van der Waals surface area contributed by atoms with E-state index in [-0.39, 0.29) is 0 Å². The summed E-state index contributed by atoms with van der Waals surface area (Å²) in [6, 6.07) is 0. The lowest BCUT2D eigenvalue weighted by atomic mass is 9.99. The molecule has 11 heteroatoms. The van der Waals surface area contributed by atoms with E-state index in [0.29, 0.717) is 0 Å². The van der Waals surface area contributed by atoms with Gasteiger partial charge in [0.05, 0.1) is 19.8 Å². The fourth-order valence-electron chi connectivity index (χ4n) is 2.14. The Kier molecular flexibility index (Phi) is 8.20. The van der Waals surface area contributed by atoms with Crippen LogP contribution in [0.4, 0.5) is 0 Å². The van der Waals surface area contributed by atoms with E-state index in [1.54, 1.807) is 0 Å². The molecular formula is C12H24O11. The van der Waals surface area contributed by atoms with Gasteiger partial charge >= 0.3 is 0 Å².